The number of hydrogen-bond acceptors (Lipinski definition) is 4. The average Bonchev–Trinajstić information content (AvgIpc) is 2.46. The molecule has 1 heterocycles. The summed E-state index contributed by atoms with van der Waals surface area (Å²) in [6, 6.07) is 8.39. The van der Waals surface area contributed by atoms with Crippen molar-refractivity contribution >= 4 is 26.8 Å². The molecule has 1 aromatic carbocycles. The summed E-state index contributed by atoms with van der Waals surface area (Å²) in [5, 5.41) is 0.717. The Kier molecular flexibility index (Phi) is 4.57. The number of hydrogen-bond donors (Lipinski definition) is 1. The number of fused-ring (bicyclic) bond motifs is 1. The van der Waals surface area contributed by atoms with Crippen LogP contribution in [-0.4, -0.2) is 19.3 Å². The van der Waals surface area contributed by atoms with Gasteiger partial charge in [0.2, 0.25) is 5.91 Å². The number of nitrogens with zero attached hydrogens (tertiary/aromatic N) is 1. The first kappa shape index (κ1) is 15.4. The molecule has 112 valence electrons. The first-order valence-electron chi connectivity index (χ1n) is 6.86. The van der Waals surface area contributed by atoms with Crippen molar-refractivity contribution in [2.24, 2.45) is 5.92 Å². The van der Waals surface area contributed by atoms with Gasteiger partial charge in [-0.25, -0.2) is 13.1 Å². The molecule has 1 atom stereocenters. The van der Waals surface area contributed by atoms with Gasteiger partial charge in [0.15, 0.2) is 0 Å². The van der Waals surface area contributed by atoms with E-state index in [2.05, 4.69) is 9.71 Å². The van der Waals surface area contributed by atoms with Crippen molar-refractivity contribution in [2.45, 2.75) is 31.6 Å². The molecule has 2 rings (SSSR count). The summed E-state index contributed by atoms with van der Waals surface area (Å²) in [6.45, 7) is 3.67. The number of benzene rings is 1. The Hall–Kier alpha value is -1.95. The molecule has 1 amide bonds. The van der Waals surface area contributed by atoms with Gasteiger partial charge in [-0.05, 0) is 18.6 Å². The molecule has 0 spiro atoms. The summed E-state index contributed by atoms with van der Waals surface area (Å²) in [7, 11) is -3.91. The molecule has 0 unspecified atom stereocenters. The maximum atomic E-state index is 12.4. The first-order valence-corrected chi connectivity index (χ1v) is 8.34. The Morgan fingerprint density at radius 3 is 2.71 bits per heavy atom. The summed E-state index contributed by atoms with van der Waals surface area (Å²) in [5.74, 6) is -0.822. The molecule has 2 aromatic rings. The third-order valence-electron chi connectivity index (χ3n) is 3.29. The average molecular weight is 306 g/mol. The second-order valence-electron chi connectivity index (χ2n) is 4.99. The molecule has 0 saturated carbocycles. The van der Waals surface area contributed by atoms with Crippen LogP contribution < -0.4 is 4.72 Å². The molecule has 0 radical (unpaired) electrons. The smallest absolute Gasteiger partial charge is 0.266 e. The van der Waals surface area contributed by atoms with Gasteiger partial charge >= 0.3 is 0 Å². The maximum Gasteiger partial charge on any atom is 0.266 e. The zero-order chi connectivity index (χ0) is 15.5. The fraction of sp³-hybridized carbons (Fsp3) is 0.333. The SMILES string of the molecule is CCC[C@H](C)C(=O)NS(=O)(=O)c1cccc2cccnc12. The summed E-state index contributed by atoms with van der Waals surface area (Å²) in [6.07, 6.45) is 3.00. The number of nitrogens with one attached hydrogen (secondary N) is 1. The monoisotopic (exact) mass is 306 g/mol. The minimum atomic E-state index is -3.91. The topological polar surface area (TPSA) is 76.1 Å². The van der Waals surface area contributed by atoms with Gasteiger partial charge in [0.05, 0.1) is 5.52 Å². The maximum absolute atomic E-state index is 12.4. The van der Waals surface area contributed by atoms with E-state index in [0.717, 1.165) is 11.8 Å². The predicted octanol–water partition coefficient (Wildman–Crippen LogP) is 2.48. The lowest BCUT2D eigenvalue weighted by atomic mass is 10.1. The van der Waals surface area contributed by atoms with E-state index in [1.165, 1.54) is 12.3 Å². The number of pyridine rings is 1. The molecule has 0 aliphatic heterocycles. The summed E-state index contributed by atoms with van der Waals surface area (Å²) >= 11 is 0. The highest BCUT2D eigenvalue weighted by molar-refractivity contribution is 7.90. The van der Waals surface area contributed by atoms with Crippen LogP contribution >= 0.6 is 0 Å². The fourth-order valence-corrected chi connectivity index (χ4v) is 3.40. The highest BCUT2D eigenvalue weighted by atomic mass is 32.2. The number of aromatic nitrogens is 1. The highest BCUT2D eigenvalue weighted by Crippen LogP contribution is 2.20. The molecule has 0 aliphatic rings. The molecule has 0 fully saturated rings. The third kappa shape index (κ3) is 3.39. The van der Waals surface area contributed by atoms with Crippen LogP contribution in [0, 0.1) is 5.92 Å². The summed E-state index contributed by atoms with van der Waals surface area (Å²) in [5.41, 5.74) is 0.364. The van der Waals surface area contributed by atoms with Gasteiger partial charge < -0.3 is 0 Å². The van der Waals surface area contributed by atoms with Gasteiger partial charge in [0.25, 0.3) is 10.0 Å². The number of carbonyl (C=O) groups is 1. The second-order valence-corrected chi connectivity index (χ2v) is 6.64. The van der Waals surface area contributed by atoms with Crippen LogP contribution in [0.1, 0.15) is 26.7 Å². The molecular weight excluding hydrogens is 288 g/mol. The Bertz CT molecular complexity index is 751. The molecule has 5 nitrogen and oxygen atoms in total. The fourth-order valence-electron chi connectivity index (χ4n) is 2.15. The molecular formula is C15H18N2O3S. The lowest BCUT2D eigenvalue weighted by Crippen LogP contribution is -2.34. The summed E-state index contributed by atoms with van der Waals surface area (Å²) in [4.78, 5) is 16.1. The van der Waals surface area contributed by atoms with E-state index in [-0.39, 0.29) is 10.8 Å². The Labute approximate surface area is 124 Å². The van der Waals surface area contributed by atoms with Crippen LogP contribution in [0.2, 0.25) is 0 Å². The lowest BCUT2D eigenvalue weighted by Gasteiger charge is -2.12. The number of carbonyl (C=O) groups excluding carboxylic acids is 1. The largest absolute Gasteiger partial charge is 0.274 e. The predicted molar refractivity (Wildman–Crippen MR) is 81.1 cm³/mol. The van der Waals surface area contributed by atoms with Crippen LogP contribution in [0.25, 0.3) is 10.9 Å². The van der Waals surface area contributed by atoms with E-state index in [0.29, 0.717) is 11.9 Å². The number of amides is 1. The van der Waals surface area contributed by atoms with E-state index < -0.39 is 15.9 Å². The van der Waals surface area contributed by atoms with Gasteiger partial charge in [-0.3, -0.25) is 9.78 Å². The Balaban J connectivity index is 2.37. The van der Waals surface area contributed by atoms with Crippen LogP contribution in [0.5, 0.6) is 0 Å². The van der Waals surface area contributed by atoms with E-state index in [4.69, 9.17) is 0 Å². The lowest BCUT2D eigenvalue weighted by molar-refractivity contribution is -0.122. The van der Waals surface area contributed by atoms with Gasteiger partial charge in [0, 0.05) is 17.5 Å². The number of para-hydroxylation sites is 1. The Morgan fingerprint density at radius 2 is 2.00 bits per heavy atom. The van der Waals surface area contributed by atoms with Crippen LogP contribution in [0.15, 0.2) is 41.4 Å². The van der Waals surface area contributed by atoms with Crippen LogP contribution in [0.4, 0.5) is 0 Å². The van der Waals surface area contributed by atoms with Crippen molar-refractivity contribution in [3.8, 4) is 0 Å². The third-order valence-corrected chi connectivity index (χ3v) is 4.67. The second kappa shape index (κ2) is 6.22. The molecule has 6 heteroatoms. The van der Waals surface area contributed by atoms with Gasteiger partial charge in [-0.1, -0.05) is 38.5 Å². The number of rotatable bonds is 5. The molecule has 0 saturated heterocycles. The van der Waals surface area contributed by atoms with Crippen molar-refractivity contribution in [1.82, 2.24) is 9.71 Å². The Morgan fingerprint density at radius 1 is 1.29 bits per heavy atom. The van der Waals surface area contributed by atoms with Crippen molar-refractivity contribution in [1.29, 1.82) is 0 Å². The van der Waals surface area contributed by atoms with Crippen molar-refractivity contribution in [2.75, 3.05) is 0 Å². The van der Waals surface area contributed by atoms with Crippen molar-refractivity contribution in [3.05, 3.63) is 36.5 Å². The van der Waals surface area contributed by atoms with Crippen LogP contribution in [-0.2, 0) is 14.8 Å². The van der Waals surface area contributed by atoms with E-state index in [1.807, 2.05) is 6.92 Å². The minimum Gasteiger partial charge on any atom is -0.274 e. The molecule has 0 bridgehead atoms. The van der Waals surface area contributed by atoms with E-state index in [1.54, 1.807) is 31.2 Å². The normalized spacial score (nSPS) is 13.0. The van der Waals surface area contributed by atoms with Gasteiger partial charge in [-0.2, -0.15) is 0 Å². The van der Waals surface area contributed by atoms with Gasteiger partial charge in [-0.15, -0.1) is 0 Å². The molecule has 1 aromatic heterocycles. The zero-order valence-corrected chi connectivity index (χ0v) is 12.9. The molecule has 0 aliphatic carbocycles. The molecule has 21 heavy (non-hydrogen) atoms. The zero-order valence-electron chi connectivity index (χ0n) is 12.0. The van der Waals surface area contributed by atoms with Crippen LogP contribution in [0.3, 0.4) is 0 Å². The number of sulfonamides is 1. The molecule has 1 N–H and O–H groups in total. The summed E-state index contributed by atoms with van der Waals surface area (Å²) < 4.78 is 26.9. The highest BCUT2D eigenvalue weighted by Gasteiger charge is 2.23. The van der Waals surface area contributed by atoms with Crippen molar-refractivity contribution in [3.63, 3.8) is 0 Å². The van der Waals surface area contributed by atoms with Crippen molar-refractivity contribution < 1.29 is 13.2 Å². The standard InChI is InChI=1S/C15H18N2O3S/c1-3-6-11(2)15(18)17-21(19,20)13-9-4-7-12-8-5-10-16-14(12)13/h4-5,7-11H,3,6H2,1-2H3,(H,17,18)/t11-/m0/s1. The van der Waals surface area contributed by atoms with E-state index in [9.17, 15) is 13.2 Å². The van der Waals surface area contributed by atoms with E-state index >= 15 is 0 Å². The van der Waals surface area contributed by atoms with Gasteiger partial charge in [0.1, 0.15) is 4.90 Å². The minimum absolute atomic E-state index is 0.0256. The quantitative estimate of drug-likeness (QED) is 0.920. The first-order chi connectivity index (χ1) is 9.95.